The second-order valence-electron chi connectivity index (χ2n) is 5.75. The lowest BCUT2D eigenvalue weighted by atomic mass is 10.2. The molecule has 2 amide bonds. The van der Waals surface area contributed by atoms with Crippen LogP contribution in [0.25, 0.3) is 0 Å². The summed E-state index contributed by atoms with van der Waals surface area (Å²) >= 11 is 0. The number of hydrogen-bond donors (Lipinski definition) is 1. The molecule has 1 fully saturated rings. The van der Waals surface area contributed by atoms with Gasteiger partial charge < -0.3 is 15.1 Å². The highest BCUT2D eigenvalue weighted by atomic mass is 19.1. The molecule has 1 aromatic carbocycles. The van der Waals surface area contributed by atoms with Crippen molar-refractivity contribution in [1.29, 1.82) is 0 Å². The number of piperazine rings is 1. The van der Waals surface area contributed by atoms with Crippen LogP contribution < -0.4 is 10.2 Å². The molecule has 0 atom stereocenters. The van der Waals surface area contributed by atoms with Crippen molar-refractivity contribution in [3.05, 3.63) is 60.0 Å². The molecule has 0 spiro atoms. The number of halogens is 1. The van der Waals surface area contributed by atoms with Gasteiger partial charge in [-0.25, -0.2) is 9.37 Å². The maximum Gasteiger partial charge on any atom is 0.251 e. The number of amides is 2. The van der Waals surface area contributed by atoms with E-state index in [0.29, 0.717) is 26.2 Å². The number of benzene rings is 1. The van der Waals surface area contributed by atoms with Gasteiger partial charge in [0.1, 0.15) is 11.6 Å². The SMILES string of the molecule is O=C(NCC(=O)N1CCN(c2ccccn2)CC1)c1cccc(F)c1. The molecule has 0 aliphatic carbocycles. The molecule has 1 aromatic heterocycles. The molecule has 1 aliphatic heterocycles. The Morgan fingerprint density at radius 2 is 1.88 bits per heavy atom. The third kappa shape index (κ3) is 4.32. The van der Waals surface area contributed by atoms with E-state index in [4.69, 9.17) is 0 Å². The first-order valence-electron chi connectivity index (χ1n) is 8.11. The van der Waals surface area contributed by atoms with Gasteiger partial charge in [0.15, 0.2) is 0 Å². The fourth-order valence-electron chi connectivity index (χ4n) is 2.73. The van der Waals surface area contributed by atoms with Gasteiger partial charge in [-0.05, 0) is 30.3 Å². The Hall–Kier alpha value is -2.96. The van der Waals surface area contributed by atoms with E-state index in [1.807, 2.05) is 18.2 Å². The Kier molecular flexibility index (Phi) is 5.23. The van der Waals surface area contributed by atoms with Crippen LogP contribution in [0, 0.1) is 5.82 Å². The average Bonchev–Trinajstić information content (AvgIpc) is 2.66. The number of anilines is 1. The molecule has 6 nitrogen and oxygen atoms in total. The van der Waals surface area contributed by atoms with Gasteiger partial charge in [-0.2, -0.15) is 0 Å². The van der Waals surface area contributed by atoms with Gasteiger partial charge in [0.05, 0.1) is 6.54 Å². The summed E-state index contributed by atoms with van der Waals surface area (Å²) in [5, 5.41) is 2.54. The van der Waals surface area contributed by atoms with Crippen LogP contribution in [0.3, 0.4) is 0 Å². The number of pyridine rings is 1. The van der Waals surface area contributed by atoms with E-state index in [2.05, 4.69) is 15.2 Å². The quantitative estimate of drug-likeness (QED) is 0.910. The van der Waals surface area contributed by atoms with Crippen LogP contribution >= 0.6 is 0 Å². The standard InChI is InChI=1S/C18H19FN4O2/c19-15-5-3-4-14(12-15)18(25)21-13-17(24)23-10-8-22(9-11-23)16-6-1-2-7-20-16/h1-7,12H,8-11,13H2,(H,21,25). The Morgan fingerprint density at radius 3 is 2.56 bits per heavy atom. The van der Waals surface area contributed by atoms with Crippen LogP contribution in [-0.2, 0) is 4.79 Å². The zero-order chi connectivity index (χ0) is 17.6. The summed E-state index contributed by atoms with van der Waals surface area (Å²) in [6.07, 6.45) is 1.74. The summed E-state index contributed by atoms with van der Waals surface area (Å²) < 4.78 is 13.1. The van der Waals surface area contributed by atoms with E-state index in [0.717, 1.165) is 11.9 Å². The third-order valence-corrected chi connectivity index (χ3v) is 4.09. The molecule has 7 heteroatoms. The Morgan fingerprint density at radius 1 is 1.08 bits per heavy atom. The summed E-state index contributed by atoms with van der Waals surface area (Å²) in [6, 6.07) is 11.1. The number of nitrogens with zero attached hydrogens (tertiary/aromatic N) is 3. The van der Waals surface area contributed by atoms with Gasteiger partial charge in [0, 0.05) is 37.9 Å². The zero-order valence-electron chi connectivity index (χ0n) is 13.7. The van der Waals surface area contributed by atoms with E-state index < -0.39 is 11.7 Å². The van der Waals surface area contributed by atoms with Crippen LogP contribution in [0.5, 0.6) is 0 Å². The molecule has 0 saturated carbocycles. The smallest absolute Gasteiger partial charge is 0.251 e. The molecule has 1 aliphatic rings. The number of hydrogen-bond acceptors (Lipinski definition) is 4. The molecule has 0 radical (unpaired) electrons. The molecule has 0 bridgehead atoms. The summed E-state index contributed by atoms with van der Waals surface area (Å²) in [7, 11) is 0. The van der Waals surface area contributed by atoms with E-state index in [-0.39, 0.29) is 18.0 Å². The first-order valence-corrected chi connectivity index (χ1v) is 8.11. The van der Waals surface area contributed by atoms with Crippen molar-refractivity contribution in [2.45, 2.75) is 0 Å². The van der Waals surface area contributed by atoms with Gasteiger partial charge in [0.2, 0.25) is 5.91 Å². The minimum atomic E-state index is -0.482. The third-order valence-electron chi connectivity index (χ3n) is 4.09. The highest BCUT2D eigenvalue weighted by Gasteiger charge is 2.22. The first-order chi connectivity index (χ1) is 12.1. The Labute approximate surface area is 145 Å². The van der Waals surface area contributed by atoms with Crippen molar-refractivity contribution in [1.82, 2.24) is 15.2 Å². The predicted octanol–water partition coefficient (Wildman–Crippen LogP) is 1.30. The van der Waals surface area contributed by atoms with Crippen molar-refractivity contribution < 1.29 is 14.0 Å². The number of carbonyl (C=O) groups is 2. The van der Waals surface area contributed by atoms with Gasteiger partial charge in [0.25, 0.3) is 5.91 Å². The van der Waals surface area contributed by atoms with Gasteiger partial charge in [-0.1, -0.05) is 12.1 Å². The lowest BCUT2D eigenvalue weighted by Gasteiger charge is -2.35. The molecular formula is C18H19FN4O2. The summed E-state index contributed by atoms with van der Waals surface area (Å²) in [6.45, 7) is 2.44. The number of aromatic nitrogens is 1. The number of rotatable bonds is 4. The van der Waals surface area contributed by atoms with E-state index in [9.17, 15) is 14.0 Å². The Bertz CT molecular complexity index is 746. The minimum absolute atomic E-state index is 0.0983. The second kappa shape index (κ2) is 7.74. The molecule has 0 unspecified atom stereocenters. The predicted molar refractivity (Wildman–Crippen MR) is 91.8 cm³/mol. The summed E-state index contributed by atoms with van der Waals surface area (Å²) in [4.78, 5) is 32.3. The maximum atomic E-state index is 13.1. The van der Waals surface area contributed by atoms with Crippen molar-refractivity contribution in [3.63, 3.8) is 0 Å². The maximum absolute atomic E-state index is 13.1. The van der Waals surface area contributed by atoms with Crippen LogP contribution in [-0.4, -0.2) is 54.4 Å². The van der Waals surface area contributed by atoms with E-state index in [1.165, 1.54) is 18.2 Å². The number of carbonyl (C=O) groups excluding carboxylic acids is 2. The van der Waals surface area contributed by atoms with Gasteiger partial charge in [-0.3, -0.25) is 9.59 Å². The normalized spacial score (nSPS) is 14.3. The lowest BCUT2D eigenvalue weighted by molar-refractivity contribution is -0.130. The van der Waals surface area contributed by atoms with Crippen LogP contribution in [0.2, 0.25) is 0 Å². The molecule has 2 heterocycles. The largest absolute Gasteiger partial charge is 0.353 e. The summed E-state index contributed by atoms with van der Waals surface area (Å²) in [5.74, 6) is -0.191. The van der Waals surface area contributed by atoms with Crippen molar-refractivity contribution in [2.75, 3.05) is 37.6 Å². The van der Waals surface area contributed by atoms with Gasteiger partial charge in [-0.15, -0.1) is 0 Å². The molecule has 1 saturated heterocycles. The van der Waals surface area contributed by atoms with Crippen LogP contribution in [0.4, 0.5) is 10.2 Å². The van der Waals surface area contributed by atoms with E-state index >= 15 is 0 Å². The molecular weight excluding hydrogens is 323 g/mol. The summed E-state index contributed by atoms with van der Waals surface area (Å²) in [5.41, 5.74) is 0.202. The van der Waals surface area contributed by atoms with Crippen LogP contribution in [0.15, 0.2) is 48.7 Å². The fraction of sp³-hybridized carbons (Fsp3) is 0.278. The second-order valence-corrected chi connectivity index (χ2v) is 5.75. The zero-order valence-corrected chi connectivity index (χ0v) is 13.7. The van der Waals surface area contributed by atoms with Crippen molar-refractivity contribution in [3.8, 4) is 0 Å². The molecule has 1 N–H and O–H groups in total. The van der Waals surface area contributed by atoms with Crippen molar-refractivity contribution >= 4 is 17.6 Å². The molecule has 3 rings (SSSR count). The highest BCUT2D eigenvalue weighted by Crippen LogP contribution is 2.12. The Balaban J connectivity index is 1.47. The molecule has 2 aromatic rings. The fourth-order valence-corrected chi connectivity index (χ4v) is 2.73. The number of nitrogens with one attached hydrogen (secondary N) is 1. The minimum Gasteiger partial charge on any atom is -0.353 e. The first kappa shape index (κ1) is 16.9. The molecule has 25 heavy (non-hydrogen) atoms. The van der Waals surface area contributed by atoms with Crippen molar-refractivity contribution in [2.24, 2.45) is 0 Å². The molecule has 130 valence electrons. The topological polar surface area (TPSA) is 65.5 Å². The van der Waals surface area contributed by atoms with Gasteiger partial charge >= 0.3 is 0 Å². The average molecular weight is 342 g/mol. The van der Waals surface area contributed by atoms with Crippen LogP contribution in [0.1, 0.15) is 10.4 Å². The monoisotopic (exact) mass is 342 g/mol. The highest BCUT2D eigenvalue weighted by molar-refractivity contribution is 5.96. The van der Waals surface area contributed by atoms with E-state index in [1.54, 1.807) is 11.1 Å². The lowest BCUT2D eigenvalue weighted by Crippen LogP contribution is -2.51.